The van der Waals surface area contributed by atoms with E-state index in [1.165, 1.54) is 24.3 Å². The summed E-state index contributed by atoms with van der Waals surface area (Å²) < 4.78 is 5.40. The molecule has 2 aromatic rings. The molecule has 2 rings (SSSR count). The van der Waals surface area contributed by atoms with Crippen molar-refractivity contribution in [3.8, 4) is 5.75 Å². The van der Waals surface area contributed by atoms with Crippen molar-refractivity contribution >= 4 is 17.7 Å². The molecule has 0 atom stereocenters. The highest BCUT2D eigenvalue weighted by Gasteiger charge is 2.10. The number of carbonyl (C=O) groups is 1. The Labute approximate surface area is 120 Å². The van der Waals surface area contributed by atoms with Crippen molar-refractivity contribution in [1.29, 1.82) is 0 Å². The van der Waals surface area contributed by atoms with Gasteiger partial charge in [-0.15, -0.1) is 0 Å². The van der Waals surface area contributed by atoms with Gasteiger partial charge in [0.1, 0.15) is 5.75 Å². The Morgan fingerprint density at radius 1 is 1.14 bits per heavy atom. The van der Waals surface area contributed by atoms with Gasteiger partial charge in [0.2, 0.25) is 0 Å². The number of nitro groups is 1. The molecule has 0 aliphatic heterocycles. The van der Waals surface area contributed by atoms with Gasteiger partial charge in [0.05, 0.1) is 4.92 Å². The number of carbonyl (C=O) groups excluding carboxylic acids is 1. The molecule has 0 unspecified atom stereocenters. The highest BCUT2D eigenvalue weighted by atomic mass is 16.6. The van der Waals surface area contributed by atoms with Crippen molar-refractivity contribution in [2.24, 2.45) is 5.73 Å². The molecule has 6 nitrogen and oxygen atoms in total. The minimum absolute atomic E-state index is 0.0766. The van der Waals surface area contributed by atoms with Gasteiger partial charge in [-0.25, -0.2) is 0 Å². The SMILES string of the molecule is NC(=O)/C(=C/c1cccc([N+](=O)[O-])c1)Oc1ccccc1. The number of hydrogen-bond acceptors (Lipinski definition) is 4. The molecule has 0 fully saturated rings. The van der Waals surface area contributed by atoms with E-state index in [0.29, 0.717) is 11.3 Å². The van der Waals surface area contributed by atoms with E-state index in [-0.39, 0.29) is 11.4 Å². The number of rotatable bonds is 5. The van der Waals surface area contributed by atoms with Crippen molar-refractivity contribution in [2.75, 3.05) is 0 Å². The molecule has 0 heterocycles. The summed E-state index contributed by atoms with van der Waals surface area (Å²) in [7, 11) is 0. The molecule has 0 bridgehead atoms. The summed E-state index contributed by atoms with van der Waals surface area (Å²) in [5, 5.41) is 10.7. The zero-order valence-electron chi connectivity index (χ0n) is 10.9. The molecule has 0 aromatic heterocycles. The third-order valence-corrected chi connectivity index (χ3v) is 2.59. The maximum Gasteiger partial charge on any atom is 0.284 e. The van der Waals surface area contributed by atoms with Gasteiger partial charge in [0.25, 0.3) is 11.6 Å². The van der Waals surface area contributed by atoms with Crippen molar-refractivity contribution in [2.45, 2.75) is 0 Å². The van der Waals surface area contributed by atoms with E-state index in [2.05, 4.69) is 0 Å². The number of para-hydroxylation sites is 1. The van der Waals surface area contributed by atoms with E-state index >= 15 is 0 Å². The molecule has 0 aliphatic carbocycles. The van der Waals surface area contributed by atoms with Crippen molar-refractivity contribution < 1.29 is 14.5 Å². The monoisotopic (exact) mass is 284 g/mol. The molecule has 2 aromatic carbocycles. The lowest BCUT2D eigenvalue weighted by Crippen LogP contribution is -2.18. The van der Waals surface area contributed by atoms with Gasteiger partial charge in [-0.1, -0.05) is 30.3 Å². The first-order valence-electron chi connectivity index (χ1n) is 6.05. The molecule has 0 aliphatic rings. The number of benzene rings is 2. The van der Waals surface area contributed by atoms with Crippen LogP contribution in [-0.4, -0.2) is 10.8 Å². The van der Waals surface area contributed by atoms with E-state index in [4.69, 9.17) is 10.5 Å². The van der Waals surface area contributed by atoms with Crippen LogP contribution in [0, 0.1) is 10.1 Å². The largest absolute Gasteiger partial charge is 0.452 e. The highest BCUT2D eigenvalue weighted by molar-refractivity contribution is 5.95. The minimum atomic E-state index is -0.759. The van der Waals surface area contributed by atoms with E-state index in [0.717, 1.165) is 0 Å². The number of nitrogens with zero attached hydrogens (tertiary/aromatic N) is 1. The predicted molar refractivity (Wildman–Crippen MR) is 77.3 cm³/mol. The molecule has 21 heavy (non-hydrogen) atoms. The van der Waals surface area contributed by atoms with E-state index in [1.54, 1.807) is 36.4 Å². The summed E-state index contributed by atoms with van der Waals surface area (Å²) in [6, 6.07) is 14.5. The lowest BCUT2D eigenvalue weighted by Gasteiger charge is -2.06. The van der Waals surface area contributed by atoms with Crippen LogP contribution in [0.15, 0.2) is 60.4 Å². The number of amides is 1. The van der Waals surface area contributed by atoms with Crippen LogP contribution in [-0.2, 0) is 4.79 Å². The van der Waals surface area contributed by atoms with Crippen LogP contribution in [0.25, 0.3) is 6.08 Å². The highest BCUT2D eigenvalue weighted by Crippen LogP contribution is 2.18. The van der Waals surface area contributed by atoms with Crippen LogP contribution < -0.4 is 10.5 Å². The molecule has 2 N–H and O–H groups in total. The first kappa shape index (κ1) is 14.3. The van der Waals surface area contributed by atoms with Crippen LogP contribution in [0.1, 0.15) is 5.56 Å². The van der Waals surface area contributed by atoms with Crippen LogP contribution >= 0.6 is 0 Å². The zero-order chi connectivity index (χ0) is 15.2. The fourth-order valence-corrected chi connectivity index (χ4v) is 1.65. The van der Waals surface area contributed by atoms with Gasteiger partial charge in [-0.3, -0.25) is 14.9 Å². The summed E-state index contributed by atoms with van der Waals surface area (Å²) in [5.41, 5.74) is 5.64. The lowest BCUT2D eigenvalue weighted by molar-refractivity contribution is -0.384. The summed E-state index contributed by atoms with van der Waals surface area (Å²) in [4.78, 5) is 21.6. The number of non-ortho nitro benzene ring substituents is 1. The number of nitrogens with two attached hydrogens (primary N) is 1. The normalized spacial score (nSPS) is 11.0. The average molecular weight is 284 g/mol. The quantitative estimate of drug-likeness (QED) is 0.395. The fourth-order valence-electron chi connectivity index (χ4n) is 1.65. The average Bonchev–Trinajstić information content (AvgIpc) is 2.48. The molecular formula is C15H12N2O4. The first-order valence-corrected chi connectivity index (χ1v) is 6.05. The van der Waals surface area contributed by atoms with Crippen molar-refractivity contribution in [3.63, 3.8) is 0 Å². The number of hydrogen-bond donors (Lipinski definition) is 1. The second kappa shape index (κ2) is 6.33. The Balaban J connectivity index is 2.31. The fraction of sp³-hybridized carbons (Fsp3) is 0. The smallest absolute Gasteiger partial charge is 0.284 e. The number of ether oxygens (including phenoxy) is 1. The van der Waals surface area contributed by atoms with Crippen molar-refractivity contribution in [3.05, 3.63) is 76.0 Å². The van der Waals surface area contributed by atoms with Crippen LogP contribution in [0.5, 0.6) is 5.75 Å². The Morgan fingerprint density at radius 3 is 2.48 bits per heavy atom. The molecule has 106 valence electrons. The van der Waals surface area contributed by atoms with E-state index in [9.17, 15) is 14.9 Å². The Morgan fingerprint density at radius 2 is 1.86 bits per heavy atom. The minimum Gasteiger partial charge on any atom is -0.452 e. The van der Waals surface area contributed by atoms with Crippen molar-refractivity contribution in [1.82, 2.24) is 0 Å². The summed E-state index contributed by atoms with van der Waals surface area (Å²) in [6.45, 7) is 0. The second-order valence-electron chi connectivity index (χ2n) is 4.14. The van der Waals surface area contributed by atoms with Gasteiger partial charge in [-0.2, -0.15) is 0 Å². The maximum atomic E-state index is 11.4. The second-order valence-corrected chi connectivity index (χ2v) is 4.14. The summed E-state index contributed by atoms with van der Waals surface area (Å²) >= 11 is 0. The molecule has 6 heteroatoms. The third kappa shape index (κ3) is 3.90. The maximum absolute atomic E-state index is 11.4. The number of nitro benzene ring substituents is 1. The zero-order valence-corrected chi connectivity index (χ0v) is 10.9. The van der Waals surface area contributed by atoms with Crippen LogP contribution in [0.4, 0.5) is 5.69 Å². The Bertz CT molecular complexity index is 696. The predicted octanol–water partition coefficient (Wildman–Crippen LogP) is 2.50. The molecule has 0 radical (unpaired) electrons. The van der Waals surface area contributed by atoms with Gasteiger partial charge in [0, 0.05) is 12.1 Å². The molecule has 0 saturated carbocycles. The molecule has 0 saturated heterocycles. The van der Waals surface area contributed by atoms with E-state index in [1.807, 2.05) is 0 Å². The summed E-state index contributed by atoms with van der Waals surface area (Å²) in [6.07, 6.45) is 1.36. The first-order chi connectivity index (χ1) is 10.1. The number of primary amides is 1. The Kier molecular flexibility index (Phi) is 4.30. The van der Waals surface area contributed by atoms with Gasteiger partial charge >= 0.3 is 0 Å². The Hall–Kier alpha value is -3.15. The van der Waals surface area contributed by atoms with Gasteiger partial charge < -0.3 is 10.5 Å². The molecular weight excluding hydrogens is 272 g/mol. The van der Waals surface area contributed by atoms with Gasteiger partial charge in [0.15, 0.2) is 5.76 Å². The van der Waals surface area contributed by atoms with E-state index < -0.39 is 10.8 Å². The molecule has 0 spiro atoms. The molecule has 1 amide bonds. The van der Waals surface area contributed by atoms with Crippen LogP contribution in [0.3, 0.4) is 0 Å². The standard InChI is InChI=1S/C15H12N2O4/c16-15(18)14(21-13-7-2-1-3-8-13)10-11-5-4-6-12(9-11)17(19)20/h1-10H,(H2,16,18)/b14-10-. The lowest BCUT2D eigenvalue weighted by atomic mass is 10.2. The topological polar surface area (TPSA) is 95.5 Å². The third-order valence-electron chi connectivity index (χ3n) is 2.59. The summed E-state index contributed by atoms with van der Waals surface area (Å²) in [5.74, 6) is -0.403. The van der Waals surface area contributed by atoms with Gasteiger partial charge in [-0.05, 0) is 23.8 Å². The van der Waals surface area contributed by atoms with Crippen LogP contribution in [0.2, 0.25) is 0 Å².